The first kappa shape index (κ1) is 13.0. The Kier molecular flexibility index (Phi) is 6.03. The minimum absolute atomic E-state index is 0.264. The highest BCUT2D eigenvalue weighted by Crippen LogP contribution is 1.94. The normalized spacial score (nSPS) is 12.9. The summed E-state index contributed by atoms with van der Waals surface area (Å²) < 4.78 is 0.611. The molecular formula is C7H17NO3. The zero-order valence-corrected chi connectivity index (χ0v) is 7.79. The molecule has 1 atom stereocenters. The number of quaternary nitrogens is 1. The lowest BCUT2D eigenvalue weighted by atomic mass is 10.5. The van der Waals surface area contributed by atoms with Crippen LogP contribution in [-0.2, 0) is 4.79 Å². The van der Waals surface area contributed by atoms with E-state index in [-0.39, 0.29) is 6.23 Å². The van der Waals surface area contributed by atoms with Crippen molar-refractivity contribution in [2.45, 2.75) is 20.1 Å². The number of rotatable bonds is 1. The molecular weight excluding hydrogens is 146 g/mol. The van der Waals surface area contributed by atoms with Crippen LogP contribution >= 0.6 is 0 Å². The molecule has 0 saturated carbocycles. The molecule has 0 heterocycles. The van der Waals surface area contributed by atoms with Gasteiger partial charge in [0.05, 0.1) is 21.1 Å². The highest BCUT2D eigenvalue weighted by atomic mass is 16.4. The van der Waals surface area contributed by atoms with Crippen LogP contribution in [0.2, 0.25) is 0 Å². The molecule has 0 radical (unpaired) electrons. The Morgan fingerprint density at radius 1 is 1.45 bits per heavy atom. The maximum atomic E-state index is 8.89. The lowest BCUT2D eigenvalue weighted by Gasteiger charge is -2.26. The summed E-state index contributed by atoms with van der Waals surface area (Å²) >= 11 is 0. The largest absolute Gasteiger partial charge is 0.550 e. The van der Waals surface area contributed by atoms with E-state index < -0.39 is 5.97 Å². The Morgan fingerprint density at radius 3 is 1.55 bits per heavy atom. The number of aliphatic hydroxyl groups excluding tert-OH is 1. The lowest BCUT2D eigenvalue weighted by molar-refractivity contribution is -0.916. The van der Waals surface area contributed by atoms with Crippen molar-refractivity contribution >= 4 is 5.97 Å². The van der Waals surface area contributed by atoms with Crippen molar-refractivity contribution in [3.05, 3.63) is 0 Å². The molecule has 0 fully saturated rings. The molecule has 68 valence electrons. The van der Waals surface area contributed by atoms with Gasteiger partial charge in [0.1, 0.15) is 0 Å². The van der Waals surface area contributed by atoms with Gasteiger partial charge in [-0.1, -0.05) is 0 Å². The Morgan fingerprint density at radius 2 is 1.55 bits per heavy atom. The molecule has 0 aromatic heterocycles. The van der Waals surface area contributed by atoms with E-state index in [1.165, 1.54) is 0 Å². The molecule has 1 unspecified atom stereocenters. The summed E-state index contributed by atoms with van der Waals surface area (Å²) in [4.78, 5) is 8.89. The van der Waals surface area contributed by atoms with Crippen molar-refractivity contribution in [2.75, 3.05) is 21.1 Å². The predicted molar refractivity (Wildman–Crippen MR) is 40.4 cm³/mol. The van der Waals surface area contributed by atoms with Crippen molar-refractivity contribution in [1.29, 1.82) is 0 Å². The molecule has 4 heteroatoms. The summed E-state index contributed by atoms with van der Waals surface area (Å²) in [6.07, 6.45) is -0.264. The summed E-state index contributed by atoms with van der Waals surface area (Å²) in [5.74, 6) is -1.08. The summed E-state index contributed by atoms with van der Waals surface area (Å²) in [5.41, 5.74) is 0. The molecule has 0 aromatic rings. The van der Waals surface area contributed by atoms with Crippen LogP contribution in [0.5, 0.6) is 0 Å². The number of carboxylic acids is 1. The Hall–Kier alpha value is -0.610. The maximum absolute atomic E-state index is 8.89. The fourth-order valence-corrected chi connectivity index (χ4v) is 0. The standard InChI is InChI=1S/C5H14NO.C2H4O2/c1-5(7)6(2,3)4;1-2(3)4/h5,7H,1-4H3;1H3,(H,3,4)/q+1;/p-1. The van der Waals surface area contributed by atoms with E-state index in [0.717, 1.165) is 6.92 Å². The Labute approximate surface area is 67.7 Å². The van der Waals surface area contributed by atoms with Gasteiger partial charge in [-0.2, -0.15) is 0 Å². The van der Waals surface area contributed by atoms with Crippen molar-refractivity contribution in [1.82, 2.24) is 0 Å². The molecule has 0 bridgehead atoms. The van der Waals surface area contributed by atoms with E-state index in [2.05, 4.69) is 0 Å². The molecule has 0 aliphatic carbocycles. The predicted octanol–water partition coefficient (Wildman–Crippen LogP) is -1.21. The topological polar surface area (TPSA) is 60.4 Å². The van der Waals surface area contributed by atoms with Crippen LogP contribution in [0.3, 0.4) is 0 Å². The second-order valence-corrected chi connectivity index (χ2v) is 3.24. The third kappa shape index (κ3) is 17.7. The van der Waals surface area contributed by atoms with Gasteiger partial charge in [-0.05, 0) is 6.92 Å². The van der Waals surface area contributed by atoms with Crippen molar-refractivity contribution in [2.24, 2.45) is 0 Å². The molecule has 0 saturated heterocycles. The van der Waals surface area contributed by atoms with E-state index in [9.17, 15) is 0 Å². The van der Waals surface area contributed by atoms with Crippen LogP contribution in [-0.4, -0.2) is 42.9 Å². The quantitative estimate of drug-likeness (QED) is 0.389. The minimum atomic E-state index is -1.08. The Bertz CT molecular complexity index is 111. The highest BCUT2D eigenvalue weighted by Gasteiger charge is 2.12. The van der Waals surface area contributed by atoms with Crippen LogP contribution in [0.4, 0.5) is 0 Å². The number of hydrogen-bond donors (Lipinski definition) is 1. The fourth-order valence-electron chi connectivity index (χ4n) is 0. The molecule has 0 aromatic carbocycles. The third-order valence-corrected chi connectivity index (χ3v) is 1.12. The molecule has 4 nitrogen and oxygen atoms in total. The van der Waals surface area contributed by atoms with Gasteiger partial charge in [0.2, 0.25) is 0 Å². The lowest BCUT2D eigenvalue weighted by Crippen LogP contribution is -2.42. The van der Waals surface area contributed by atoms with Gasteiger partial charge >= 0.3 is 0 Å². The van der Waals surface area contributed by atoms with E-state index in [1.54, 1.807) is 6.92 Å². The molecule has 0 spiro atoms. The first-order valence-corrected chi connectivity index (χ1v) is 3.34. The zero-order valence-electron chi connectivity index (χ0n) is 7.79. The van der Waals surface area contributed by atoms with Crippen LogP contribution in [0, 0.1) is 0 Å². The van der Waals surface area contributed by atoms with E-state index in [4.69, 9.17) is 15.0 Å². The number of nitrogens with zero attached hydrogens (tertiary/aromatic N) is 1. The number of hydrogen-bond acceptors (Lipinski definition) is 3. The minimum Gasteiger partial charge on any atom is -0.550 e. The number of aliphatic hydroxyl groups is 1. The van der Waals surface area contributed by atoms with E-state index in [1.807, 2.05) is 21.1 Å². The SMILES string of the molecule is CC(=O)[O-].CC(O)[N+](C)(C)C. The first-order chi connectivity index (χ1) is 4.68. The molecule has 0 aliphatic heterocycles. The molecule has 0 rings (SSSR count). The number of carbonyl (C=O) groups excluding carboxylic acids is 1. The fraction of sp³-hybridized carbons (Fsp3) is 0.857. The van der Waals surface area contributed by atoms with E-state index in [0.29, 0.717) is 4.48 Å². The van der Waals surface area contributed by atoms with Crippen molar-refractivity contribution in [3.8, 4) is 0 Å². The average Bonchev–Trinajstić information content (AvgIpc) is 1.59. The second-order valence-electron chi connectivity index (χ2n) is 3.24. The smallest absolute Gasteiger partial charge is 0.187 e. The number of carbonyl (C=O) groups is 1. The summed E-state index contributed by atoms with van der Waals surface area (Å²) in [6, 6.07) is 0. The van der Waals surface area contributed by atoms with Gasteiger partial charge in [-0.25, -0.2) is 0 Å². The molecule has 0 amide bonds. The van der Waals surface area contributed by atoms with Crippen LogP contribution < -0.4 is 5.11 Å². The van der Waals surface area contributed by atoms with Gasteiger partial charge in [-0.3, -0.25) is 0 Å². The summed E-state index contributed by atoms with van der Waals surface area (Å²) in [5, 5.41) is 17.8. The summed E-state index contributed by atoms with van der Waals surface area (Å²) in [7, 11) is 5.85. The van der Waals surface area contributed by atoms with Gasteiger partial charge < -0.3 is 19.5 Å². The highest BCUT2D eigenvalue weighted by molar-refractivity contribution is 5.60. The first-order valence-electron chi connectivity index (χ1n) is 3.34. The monoisotopic (exact) mass is 163 g/mol. The molecule has 11 heavy (non-hydrogen) atoms. The number of aliphatic carboxylic acids is 1. The molecule has 0 aliphatic rings. The van der Waals surface area contributed by atoms with Gasteiger partial charge in [0.25, 0.3) is 0 Å². The maximum Gasteiger partial charge on any atom is 0.187 e. The van der Waals surface area contributed by atoms with Crippen molar-refractivity contribution < 1.29 is 19.5 Å². The molecule has 1 N–H and O–H groups in total. The van der Waals surface area contributed by atoms with Crippen molar-refractivity contribution in [3.63, 3.8) is 0 Å². The van der Waals surface area contributed by atoms with Crippen LogP contribution in [0.25, 0.3) is 0 Å². The number of carboxylic acid groups (broad SMARTS) is 1. The average molecular weight is 163 g/mol. The van der Waals surface area contributed by atoms with Gasteiger partial charge in [-0.15, -0.1) is 0 Å². The van der Waals surface area contributed by atoms with E-state index >= 15 is 0 Å². The Balaban J connectivity index is 0. The van der Waals surface area contributed by atoms with Crippen LogP contribution in [0.15, 0.2) is 0 Å². The van der Waals surface area contributed by atoms with Gasteiger partial charge in [0, 0.05) is 12.9 Å². The summed E-state index contributed by atoms with van der Waals surface area (Å²) in [6.45, 7) is 2.75. The van der Waals surface area contributed by atoms with Crippen LogP contribution in [0.1, 0.15) is 13.8 Å². The van der Waals surface area contributed by atoms with Gasteiger partial charge in [0.15, 0.2) is 6.23 Å². The second kappa shape index (κ2) is 5.09. The zero-order chi connectivity index (χ0) is 9.65. The third-order valence-electron chi connectivity index (χ3n) is 1.12.